The summed E-state index contributed by atoms with van der Waals surface area (Å²) in [5, 5.41) is 7.59. The molecule has 14 heavy (non-hydrogen) atoms. The molecule has 0 N–H and O–H groups in total. The summed E-state index contributed by atoms with van der Waals surface area (Å²) < 4.78 is 0. The lowest BCUT2D eigenvalue weighted by atomic mass is 10.3. The first-order valence-corrected chi connectivity index (χ1v) is 5.18. The largest absolute Gasteiger partial charge is 0.265 e. The van der Waals surface area contributed by atoms with Gasteiger partial charge in [-0.15, -0.1) is 0 Å². The van der Waals surface area contributed by atoms with Gasteiger partial charge in [0.1, 0.15) is 0 Å². The minimum atomic E-state index is 0.646. The SMILES string of the molecule is CC1=NN(c2cc(Cl)cc(Cl)c2)CC1. The van der Waals surface area contributed by atoms with Crippen molar-refractivity contribution in [2.24, 2.45) is 5.10 Å². The number of anilines is 1. The Kier molecular flexibility index (Phi) is 2.66. The minimum Gasteiger partial charge on any atom is -0.265 e. The minimum absolute atomic E-state index is 0.646. The van der Waals surface area contributed by atoms with Crippen LogP contribution in [-0.4, -0.2) is 12.3 Å². The first kappa shape index (κ1) is 9.81. The van der Waals surface area contributed by atoms with E-state index < -0.39 is 0 Å². The second-order valence-corrected chi connectivity index (χ2v) is 4.21. The third kappa shape index (κ3) is 2.02. The van der Waals surface area contributed by atoms with E-state index in [9.17, 15) is 0 Å². The summed E-state index contributed by atoms with van der Waals surface area (Å²) >= 11 is 11.8. The summed E-state index contributed by atoms with van der Waals surface area (Å²) in [6.07, 6.45) is 1.00. The fraction of sp³-hybridized carbons (Fsp3) is 0.300. The Morgan fingerprint density at radius 1 is 1.21 bits per heavy atom. The molecule has 0 aliphatic carbocycles. The van der Waals surface area contributed by atoms with Gasteiger partial charge in [0.15, 0.2) is 0 Å². The summed E-state index contributed by atoms with van der Waals surface area (Å²) in [5.41, 5.74) is 2.10. The van der Waals surface area contributed by atoms with E-state index in [1.807, 2.05) is 24.1 Å². The molecule has 2 nitrogen and oxygen atoms in total. The van der Waals surface area contributed by atoms with Crippen LogP contribution in [0.25, 0.3) is 0 Å². The van der Waals surface area contributed by atoms with Crippen molar-refractivity contribution in [3.05, 3.63) is 28.2 Å². The summed E-state index contributed by atoms with van der Waals surface area (Å²) in [7, 11) is 0. The zero-order valence-electron chi connectivity index (χ0n) is 7.80. The van der Waals surface area contributed by atoms with Crippen molar-refractivity contribution in [1.29, 1.82) is 0 Å². The highest BCUT2D eigenvalue weighted by Crippen LogP contribution is 2.27. The summed E-state index contributed by atoms with van der Waals surface area (Å²) in [5.74, 6) is 0. The van der Waals surface area contributed by atoms with Crippen molar-refractivity contribution in [1.82, 2.24) is 0 Å². The quantitative estimate of drug-likeness (QED) is 0.718. The van der Waals surface area contributed by atoms with Crippen molar-refractivity contribution in [3.63, 3.8) is 0 Å². The Hall–Kier alpha value is -0.730. The van der Waals surface area contributed by atoms with E-state index in [0.29, 0.717) is 10.0 Å². The second kappa shape index (κ2) is 3.79. The molecule has 74 valence electrons. The van der Waals surface area contributed by atoms with E-state index in [1.165, 1.54) is 0 Å². The molecule has 1 aliphatic rings. The predicted octanol–water partition coefficient (Wildman–Crippen LogP) is 3.58. The molecule has 1 aromatic rings. The van der Waals surface area contributed by atoms with Gasteiger partial charge in [0.25, 0.3) is 0 Å². The van der Waals surface area contributed by atoms with E-state index in [0.717, 1.165) is 24.4 Å². The molecule has 0 atom stereocenters. The van der Waals surface area contributed by atoms with Crippen molar-refractivity contribution in [3.8, 4) is 0 Å². The molecule has 0 aromatic heterocycles. The zero-order valence-corrected chi connectivity index (χ0v) is 9.31. The van der Waals surface area contributed by atoms with Crippen LogP contribution in [0, 0.1) is 0 Å². The maximum atomic E-state index is 5.91. The van der Waals surface area contributed by atoms with Gasteiger partial charge in [-0.05, 0) is 25.1 Å². The van der Waals surface area contributed by atoms with Gasteiger partial charge in [0.05, 0.1) is 5.69 Å². The molecule has 0 bridgehead atoms. The fourth-order valence-corrected chi connectivity index (χ4v) is 1.96. The molecule has 1 heterocycles. The normalized spacial score (nSPS) is 15.9. The molecule has 4 heteroatoms. The van der Waals surface area contributed by atoms with Crippen molar-refractivity contribution in [2.45, 2.75) is 13.3 Å². The Morgan fingerprint density at radius 2 is 1.86 bits per heavy atom. The number of halogens is 2. The van der Waals surface area contributed by atoms with Crippen LogP contribution in [0.1, 0.15) is 13.3 Å². The van der Waals surface area contributed by atoms with Gasteiger partial charge in [0, 0.05) is 28.7 Å². The second-order valence-electron chi connectivity index (χ2n) is 3.34. The number of nitrogens with zero attached hydrogens (tertiary/aromatic N) is 2. The summed E-state index contributed by atoms with van der Waals surface area (Å²) in [6, 6.07) is 5.46. The molecule has 1 aromatic carbocycles. The third-order valence-electron chi connectivity index (χ3n) is 2.12. The van der Waals surface area contributed by atoms with E-state index in [-0.39, 0.29) is 0 Å². The van der Waals surface area contributed by atoms with Crippen LogP contribution in [0.4, 0.5) is 5.69 Å². The molecule has 2 rings (SSSR count). The van der Waals surface area contributed by atoms with Crippen molar-refractivity contribution >= 4 is 34.6 Å². The van der Waals surface area contributed by atoms with Gasteiger partial charge in [-0.1, -0.05) is 23.2 Å². The molecule has 0 radical (unpaired) electrons. The molecule has 0 saturated carbocycles. The van der Waals surface area contributed by atoms with E-state index >= 15 is 0 Å². The first-order valence-electron chi connectivity index (χ1n) is 4.43. The van der Waals surface area contributed by atoms with Crippen LogP contribution in [0.3, 0.4) is 0 Å². The lowest BCUT2D eigenvalue weighted by Crippen LogP contribution is -2.11. The number of benzene rings is 1. The van der Waals surface area contributed by atoms with Gasteiger partial charge < -0.3 is 0 Å². The summed E-state index contributed by atoms with van der Waals surface area (Å²) in [4.78, 5) is 0. The molecular weight excluding hydrogens is 219 g/mol. The van der Waals surface area contributed by atoms with E-state index in [4.69, 9.17) is 23.2 Å². The molecular formula is C10H10Cl2N2. The van der Waals surface area contributed by atoms with Crippen LogP contribution in [0.5, 0.6) is 0 Å². The van der Waals surface area contributed by atoms with Crippen LogP contribution in [0.15, 0.2) is 23.3 Å². The van der Waals surface area contributed by atoms with Gasteiger partial charge in [0.2, 0.25) is 0 Å². The lowest BCUT2D eigenvalue weighted by molar-refractivity contribution is 0.922. The topological polar surface area (TPSA) is 15.6 Å². The number of rotatable bonds is 1. The maximum absolute atomic E-state index is 5.91. The Labute approximate surface area is 93.1 Å². The number of hydrazone groups is 1. The van der Waals surface area contributed by atoms with Crippen LogP contribution >= 0.6 is 23.2 Å². The molecule has 0 spiro atoms. The Bertz CT molecular complexity index is 367. The summed E-state index contributed by atoms with van der Waals surface area (Å²) in [6.45, 7) is 2.93. The fourth-order valence-electron chi connectivity index (χ4n) is 1.45. The zero-order chi connectivity index (χ0) is 10.1. The predicted molar refractivity (Wildman–Crippen MR) is 61.5 cm³/mol. The van der Waals surface area contributed by atoms with Gasteiger partial charge >= 0.3 is 0 Å². The van der Waals surface area contributed by atoms with Gasteiger partial charge in [-0.3, -0.25) is 5.01 Å². The number of hydrogen-bond donors (Lipinski definition) is 0. The monoisotopic (exact) mass is 228 g/mol. The van der Waals surface area contributed by atoms with Gasteiger partial charge in [-0.2, -0.15) is 5.10 Å². The highest BCUT2D eigenvalue weighted by molar-refractivity contribution is 6.35. The molecule has 0 saturated heterocycles. The van der Waals surface area contributed by atoms with Crippen LogP contribution in [-0.2, 0) is 0 Å². The highest BCUT2D eigenvalue weighted by atomic mass is 35.5. The van der Waals surface area contributed by atoms with Gasteiger partial charge in [-0.25, -0.2) is 0 Å². The van der Waals surface area contributed by atoms with Crippen molar-refractivity contribution < 1.29 is 0 Å². The smallest absolute Gasteiger partial charge is 0.0623 e. The maximum Gasteiger partial charge on any atom is 0.0623 e. The molecule has 0 amide bonds. The van der Waals surface area contributed by atoms with Crippen LogP contribution in [0.2, 0.25) is 10.0 Å². The first-order chi connectivity index (χ1) is 6.65. The Balaban J connectivity index is 2.32. The molecule has 0 fully saturated rings. The highest BCUT2D eigenvalue weighted by Gasteiger charge is 2.13. The number of hydrogen-bond acceptors (Lipinski definition) is 2. The Morgan fingerprint density at radius 3 is 2.36 bits per heavy atom. The molecule has 0 unspecified atom stereocenters. The van der Waals surface area contributed by atoms with Crippen molar-refractivity contribution in [2.75, 3.05) is 11.6 Å². The molecule has 1 aliphatic heterocycles. The van der Waals surface area contributed by atoms with Crippen LogP contribution < -0.4 is 5.01 Å². The third-order valence-corrected chi connectivity index (χ3v) is 2.56. The standard InChI is InChI=1S/C10H10Cl2N2/c1-7-2-3-14(13-7)10-5-8(11)4-9(12)6-10/h4-6H,2-3H2,1H3. The van der Waals surface area contributed by atoms with E-state index in [2.05, 4.69) is 5.10 Å². The van der Waals surface area contributed by atoms with E-state index in [1.54, 1.807) is 6.07 Å². The lowest BCUT2D eigenvalue weighted by Gasteiger charge is -2.13. The average Bonchev–Trinajstić information content (AvgIpc) is 2.50. The average molecular weight is 229 g/mol.